The van der Waals surface area contributed by atoms with Crippen molar-refractivity contribution in [3.05, 3.63) is 65.0 Å². The van der Waals surface area contributed by atoms with Gasteiger partial charge in [0.05, 0.1) is 12.6 Å². The summed E-state index contributed by atoms with van der Waals surface area (Å²) < 4.78 is 20.1. The third-order valence-corrected chi connectivity index (χ3v) is 6.71. The van der Waals surface area contributed by atoms with Crippen molar-refractivity contribution in [2.45, 2.75) is 64.8 Å². The van der Waals surface area contributed by atoms with Crippen molar-refractivity contribution in [2.75, 3.05) is 0 Å². The minimum Gasteiger partial charge on any atom is -0.487 e. The van der Waals surface area contributed by atoms with Crippen molar-refractivity contribution in [3.63, 3.8) is 0 Å². The number of ether oxygens (including phenoxy) is 1. The Balaban J connectivity index is 1.55. The lowest BCUT2D eigenvalue weighted by molar-refractivity contribution is -0.130. The van der Waals surface area contributed by atoms with Crippen molar-refractivity contribution in [3.8, 4) is 5.75 Å². The van der Waals surface area contributed by atoms with E-state index in [2.05, 4.69) is 10.6 Å². The minimum atomic E-state index is -0.555. The van der Waals surface area contributed by atoms with Crippen molar-refractivity contribution < 1.29 is 18.7 Å². The van der Waals surface area contributed by atoms with Crippen molar-refractivity contribution in [1.29, 1.82) is 5.41 Å². The zero-order valence-corrected chi connectivity index (χ0v) is 20.2. The molecule has 0 bridgehead atoms. The Kier molecular flexibility index (Phi) is 5.87. The second kappa shape index (κ2) is 8.42. The van der Waals surface area contributed by atoms with Crippen LogP contribution in [0.25, 0.3) is 0 Å². The summed E-state index contributed by atoms with van der Waals surface area (Å²) in [5.41, 5.74) is 0.754. The Bertz CT molecular complexity index is 1140. The summed E-state index contributed by atoms with van der Waals surface area (Å²) in [6, 6.07) is 10.9. The van der Waals surface area contributed by atoms with Crippen LogP contribution in [-0.2, 0) is 11.3 Å². The lowest BCUT2D eigenvalue weighted by atomic mass is 9.79. The normalized spacial score (nSPS) is 22.9. The molecular formula is C26H31FN4O3. The first-order valence-electron chi connectivity index (χ1n) is 11.4. The third kappa shape index (κ3) is 4.62. The maximum absolute atomic E-state index is 14.0. The van der Waals surface area contributed by atoms with E-state index in [4.69, 9.17) is 10.1 Å². The maximum Gasteiger partial charge on any atom is 0.251 e. The first-order valence-corrected chi connectivity index (χ1v) is 11.4. The molecule has 2 aliphatic rings. The summed E-state index contributed by atoms with van der Waals surface area (Å²) in [6.07, 6.45) is 0.281. The number of hydrogen-bond acceptors (Lipinski definition) is 4. The molecule has 0 saturated carbocycles. The maximum atomic E-state index is 14.0. The molecule has 2 atom stereocenters. The van der Waals surface area contributed by atoms with Gasteiger partial charge >= 0.3 is 0 Å². The smallest absolute Gasteiger partial charge is 0.251 e. The molecule has 3 N–H and O–H groups in total. The molecule has 7 nitrogen and oxygen atoms in total. The van der Waals surface area contributed by atoms with Gasteiger partial charge in [-0.25, -0.2) is 4.39 Å². The fourth-order valence-electron chi connectivity index (χ4n) is 4.52. The van der Waals surface area contributed by atoms with E-state index in [0.717, 1.165) is 5.56 Å². The largest absolute Gasteiger partial charge is 0.487 e. The van der Waals surface area contributed by atoms with Crippen LogP contribution in [0.4, 0.5) is 4.39 Å². The zero-order valence-electron chi connectivity index (χ0n) is 20.2. The highest BCUT2D eigenvalue weighted by molar-refractivity contribution is 5.99. The van der Waals surface area contributed by atoms with Gasteiger partial charge in [-0.3, -0.25) is 19.9 Å². The number of guanidine groups is 1. The SMILES string of the molecule is C[C@H]1[C@H](NC(=O)c2cccc(CN3C(=N)NC(C)(C)CC3=O)c2)c2cc(F)ccc2OC1(C)C. The molecule has 2 aliphatic heterocycles. The Hall–Kier alpha value is -3.42. The second-order valence-electron chi connectivity index (χ2n) is 10.3. The minimum absolute atomic E-state index is 0.0491. The first kappa shape index (κ1) is 23.7. The molecule has 2 heterocycles. The van der Waals surface area contributed by atoms with Crippen LogP contribution < -0.4 is 15.4 Å². The highest BCUT2D eigenvalue weighted by Crippen LogP contribution is 2.43. The Morgan fingerprint density at radius 2 is 1.97 bits per heavy atom. The van der Waals surface area contributed by atoms with Gasteiger partial charge in [0.1, 0.15) is 17.2 Å². The van der Waals surface area contributed by atoms with Gasteiger partial charge in [0.25, 0.3) is 5.91 Å². The number of hydrogen-bond donors (Lipinski definition) is 3. The molecule has 8 heteroatoms. The van der Waals surface area contributed by atoms with E-state index < -0.39 is 17.2 Å². The van der Waals surface area contributed by atoms with Crippen molar-refractivity contribution in [2.24, 2.45) is 5.92 Å². The van der Waals surface area contributed by atoms with Gasteiger partial charge in [-0.15, -0.1) is 0 Å². The standard InChI is InChI=1S/C26H31FN4O3/c1-15-22(19-12-18(27)9-10-20(19)34-26(15,4)5)29-23(33)17-8-6-7-16(11-17)14-31-21(32)13-25(2,3)30-24(31)28/h6-12,15,22H,13-14H2,1-5H3,(H2,28,30)(H,29,33)/t15-,22-/m0/s1. The number of amides is 2. The van der Waals surface area contributed by atoms with Crippen LogP contribution in [0.2, 0.25) is 0 Å². The fourth-order valence-corrected chi connectivity index (χ4v) is 4.52. The number of carbonyl (C=O) groups excluding carboxylic acids is 2. The van der Waals surface area contributed by atoms with E-state index in [1.165, 1.54) is 17.0 Å². The molecule has 0 aromatic heterocycles. The highest BCUT2D eigenvalue weighted by atomic mass is 19.1. The molecule has 180 valence electrons. The Labute approximate surface area is 199 Å². The highest BCUT2D eigenvalue weighted by Gasteiger charge is 2.42. The number of halogens is 1. The quantitative estimate of drug-likeness (QED) is 0.631. The molecule has 4 rings (SSSR count). The average Bonchev–Trinajstić information content (AvgIpc) is 2.74. The van der Waals surface area contributed by atoms with E-state index >= 15 is 0 Å². The van der Waals surface area contributed by atoms with Crippen molar-refractivity contribution >= 4 is 17.8 Å². The van der Waals surface area contributed by atoms with Crippen molar-refractivity contribution in [1.82, 2.24) is 15.5 Å². The topological polar surface area (TPSA) is 94.5 Å². The second-order valence-corrected chi connectivity index (χ2v) is 10.3. The number of nitrogens with one attached hydrogen (secondary N) is 3. The van der Waals surface area contributed by atoms with E-state index in [1.807, 2.05) is 40.7 Å². The van der Waals surface area contributed by atoms with E-state index in [0.29, 0.717) is 16.9 Å². The van der Waals surface area contributed by atoms with Gasteiger partial charge in [-0.1, -0.05) is 19.1 Å². The number of benzene rings is 2. The summed E-state index contributed by atoms with van der Waals surface area (Å²) in [5.74, 6) is -0.337. The monoisotopic (exact) mass is 466 g/mol. The van der Waals surface area contributed by atoms with Crippen LogP contribution in [-0.4, -0.2) is 33.8 Å². The van der Waals surface area contributed by atoms with Gasteiger partial charge < -0.3 is 15.4 Å². The lowest BCUT2D eigenvalue weighted by Crippen LogP contribution is -2.59. The summed E-state index contributed by atoms with van der Waals surface area (Å²) in [5, 5.41) is 14.3. The van der Waals surface area contributed by atoms with Gasteiger partial charge in [0.2, 0.25) is 5.91 Å². The molecule has 0 aliphatic carbocycles. The third-order valence-electron chi connectivity index (χ3n) is 6.71. The molecule has 2 aromatic carbocycles. The van der Waals surface area contributed by atoms with Gasteiger partial charge in [0, 0.05) is 29.0 Å². The zero-order chi connectivity index (χ0) is 24.8. The summed E-state index contributed by atoms with van der Waals surface area (Å²) >= 11 is 0. The molecule has 0 radical (unpaired) electrons. The lowest BCUT2D eigenvalue weighted by Gasteiger charge is -2.43. The Morgan fingerprint density at radius 1 is 1.24 bits per heavy atom. The molecule has 34 heavy (non-hydrogen) atoms. The predicted octanol–water partition coefficient (Wildman–Crippen LogP) is 4.14. The van der Waals surface area contributed by atoms with Gasteiger partial charge in [-0.2, -0.15) is 0 Å². The first-order chi connectivity index (χ1) is 15.9. The van der Waals surface area contributed by atoms with Crippen LogP contribution >= 0.6 is 0 Å². The molecule has 2 amide bonds. The molecule has 1 fully saturated rings. The van der Waals surface area contributed by atoms with E-state index in [-0.39, 0.29) is 42.5 Å². The molecule has 1 saturated heterocycles. The number of rotatable bonds is 4. The Morgan fingerprint density at radius 3 is 2.68 bits per heavy atom. The van der Waals surface area contributed by atoms with Crippen LogP contribution in [0.3, 0.4) is 0 Å². The van der Waals surface area contributed by atoms with Gasteiger partial charge in [0.15, 0.2) is 5.96 Å². The molecule has 0 spiro atoms. The predicted molar refractivity (Wildman–Crippen MR) is 127 cm³/mol. The number of carbonyl (C=O) groups is 2. The number of fused-ring (bicyclic) bond motifs is 1. The van der Waals surface area contributed by atoms with Crippen LogP contribution in [0, 0.1) is 17.1 Å². The van der Waals surface area contributed by atoms with Crippen LogP contribution in [0.15, 0.2) is 42.5 Å². The van der Waals surface area contributed by atoms with Crippen LogP contribution in [0.5, 0.6) is 5.75 Å². The van der Waals surface area contributed by atoms with Crippen LogP contribution in [0.1, 0.15) is 68.6 Å². The van der Waals surface area contributed by atoms with Gasteiger partial charge in [-0.05, 0) is 63.6 Å². The summed E-state index contributed by atoms with van der Waals surface area (Å²) in [6.45, 7) is 9.82. The van der Waals surface area contributed by atoms with E-state index in [9.17, 15) is 14.0 Å². The molecule has 2 aromatic rings. The van der Waals surface area contributed by atoms with E-state index in [1.54, 1.807) is 24.3 Å². The average molecular weight is 467 g/mol. The summed E-state index contributed by atoms with van der Waals surface area (Å²) in [7, 11) is 0. The molecular weight excluding hydrogens is 435 g/mol. The fraction of sp³-hybridized carbons (Fsp3) is 0.423. The number of nitrogens with zero attached hydrogens (tertiary/aromatic N) is 1. The summed E-state index contributed by atoms with van der Waals surface area (Å²) in [4.78, 5) is 27.2. The molecule has 0 unspecified atom stereocenters.